The van der Waals surface area contributed by atoms with Crippen molar-refractivity contribution in [3.8, 4) is 0 Å². The fourth-order valence-corrected chi connectivity index (χ4v) is 1.48. The average molecular weight is 220 g/mol. The molecule has 0 aliphatic heterocycles. The first-order valence-electron chi connectivity index (χ1n) is 5.74. The fraction of sp³-hybridized carbons (Fsp3) is 0.462. The number of benzene rings is 1. The molecular formula is C13H20N2O. The Hall–Kier alpha value is -1.51. The summed E-state index contributed by atoms with van der Waals surface area (Å²) >= 11 is 0. The van der Waals surface area contributed by atoms with E-state index in [2.05, 4.69) is 18.3 Å². The summed E-state index contributed by atoms with van der Waals surface area (Å²) in [4.78, 5) is 13.3. The van der Waals surface area contributed by atoms with E-state index in [9.17, 15) is 4.79 Å². The van der Waals surface area contributed by atoms with E-state index in [1.165, 1.54) is 5.56 Å². The molecule has 3 heteroatoms. The summed E-state index contributed by atoms with van der Waals surface area (Å²) in [6.07, 6.45) is 0.973. The Morgan fingerprint density at radius 3 is 2.62 bits per heavy atom. The van der Waals surface area contributed by atoms with E-state index in [-0.39, 0.29) is 5.91 Å². The van der Waals surface area contributed by atoms with Crippen LogP contribution in [0.4, 0.5) is 5.69 Å². The SMILES string of the molecule is CCc1ccccc1NCC(=O)N(C)CC. The van der Waals surface area contributed by atoms with Gasteiger partial charge in [-0.1, -0.05) is 25.1 Å². The van der Waals surface area contributed by atoms with Gasteiger partial charge in [0, 0.05) is 19.3 Å². The number of carbonyl (C=O) groups is 1. The van der Waals surface area contributed by atoms with Crippen LogP contribution < -0.4 is 5.32 Å². The van der Waals surface area contributed by atoms with Crippen LogP contribution in [0.25, 0.3) is 0 Å². The Morgan fingerprint density at radius 1 is 1.31 bits per heavy atom. The van der Waals surface area contributed by atoms with Gasteiger partial charge in [0.05, 0.1) is 6.54 Å². The van der Waals surface area contributed by atoms with Crippen LogP contribution in [0, 0.1) is 0 Å². The van der Waals surface area contributed by atoms with Crippen molar-refractivity contribution in [2.75, 3.05) is 25.5 Å². The minimum atomic E-state index is 0.119. The largest absolute Gasteiger partial charge is 0.376 e. The number of hydrogen-bond acceptors (Lipinski definition) is 2. The molecule has 0 aromatic heterocycles. The molecule has 1 amide bonds. The highest BCUT2D eigenvalue weighted by molar-refractivity contribution is 5.80. The Labute approximate surface area is 97.5 Å². The van der Waals surface area contributed by atoms with Crippen LogP contribution >= 0.6 is 0 Å². The monoisotopic (exact) mass is 220 g/mol. The summed E-state index contributed by atoms with van der Waals surface area (Å²) in [5.41, 5.74) is 2.30. The van der Waals surface area contributed by atoms with Crippen molar-refractivity contribution in [1.82, 2.24) is 4.90 Å². The molecule has 0 aliphatic carbocycles. The Morgan fingerprint density at radius 2 is 2.00 bits per heavy atom. The lowest BCUT2D eigenvalue weighted by molar-refractivity contribution is -0.127. The lowest BCUT2D eigenvalue weighted by Crippen LogP contribution is -2.32. The highest BCUT2D eigenvalue weighted by Crippen LogP contribution is 2.14. The molecule has 1 aromatic carbocycles. The minimum absolute atomic E-state index is 0.119. The maximum Gasteiger partial charge on any atom is 0.241 e. The molecule has 0 bridgehead atoms. The molecule has 0 radical (unpaired) electrons. The van der Waals surface area contributed by atoms with Crippen molar-refractivity contribution in [2.24, 2.45) is 0 Å². The predicted molar refractivity (Wildman–Crippen MR) is 67.6 cm³/mol. The standard InChI is InChI=1S/C13H20N2O/c1-4-11-8-6-7-9-12(11)14-10-13(16)15(3)5-2/h6-9,14H,4-5,10H2,1-3H3. The molecule has 0 saturated heterocycles. The summed E-state index contributed by atoms with van der Waals surface area (Å²) in [6.45, 7) is 5.19. The summed E-state index contributed by atoms with van der Waals surface area (Å²) in [5.74, 6) is 0.119. The lowest BCUT2D eigenvalue weighted by Gasteiger charge is -2.16. The van der Waals surface area contributed by atoms with Crippen LogP contribution in [-0.4, -0.2) is 30.9 Å². The Kier molecular flexibility index (Phi) is 4.83. The van der Waals surface area contributed by atoms with E-state index in [4.69, 9.17) is 0 Å². The molecule has 0 heterocycles. The number of carbonyl (C=O) groups excluding carboxylic acids is 1. The van der Waals surface area contributed by atoms with Gasteiger partial charge in [-0.3, -0.25) is 4.79 Å². The third kappa shape index (κ3) is 3.26. The van der Waals surface area contributed by atoms with Crippen molar-refractivity contribution in [1.29, 1.82) is 0 Å². The van der Waals surface area contributed by atoms with Crippen LogP contribution in [0.2, 0.25) is 0 Å². The number of likely N-dealkylation sites (N-methyl/N-ethyl adjacent to an activating group) is 1. The lowest BCUT2D eigenvalue weighted by atomic mass is 10.1. The zero-order chi connectivity index (χ0) is 12.0. The van der Waals surface area contributed by atoms with Gasteiger partial charge < -0.3 is 10.2 Å². The van der Waals surface area contributed by atoms with Crippen molar-refractivity contribution < 1.29 is 4.79 Å². The number of nitrogens with zero attached hydrogens (tertiary/aromatic N) is 1. The average Bonchev–Trinajstić information content (AvgIpc) is 2.35. The third-order valence-corrected chi connectivity index (χ3v) is 2.73. The second-order valence-electron chi connectivity index (χ2n) is 3.77. The predicted octanol–water partition coefficient (Wildman–Crippen LogP) is 2.14. The van der Waals surface area contributed by atoms with Gasteiger partial charge in [0.1, 0.15) is 0 Å². The highest BCUT2D eigenvalue weighted by Gasteiger charge is 2.06. The number of anilines is 1. The Balaban J connectivity index is 2.57. The van der Waals surface area contributed by atoms with E-state index in [0.29, 0.717) is 6.54 Å². The number of para-hydroxylation sites is 1. The van der Waals surface area contributed by atoms with Gasteiger partial charge in [0.25, 0.3) is 0 Å². The van der Waals surface area contributed by atoms with Gasteiger partial charge in [-0.15, -0.1) is 0 Å². The number of nitrogens with one attached hydrogen (secondary N) is 1. The van der Waals surface area contributed by atoms with Gasteiger partial charge in [-0.25, -0.2) is 0 Å². The fourth-order valence-electron chi connectivity index (χ4n) is 1.48. The molecule has 88 valence electrons. The molecule has 1 N–H and O–H groups in total. The topological polar surface area (TPSA) is 32.3 Å². The molecule has 0 fully saturated rings. The minimum Gasteiger partial charge on any atom is -0.376 e. The van der Waals surface area contributed by atoms with Crippen molar-refractivity contribution in [2.45, 2.75) is 20.3 Å². The normalized spacial score (nSPS) is 9.94. The molecule has 1 aromatic rings. The zero-order valence-corrected chi connectivity index (χ0v) is 10.3. The quantitative estimate of drug-likeness (QED) is 0.824. The van der Waals surface area contributed by atoms with Gasteiger partial charge >= 0.3 is 0 Å². The molecule has 1 rings (SSSR count). The Bertz CT molecular complexity index is 350. The van der Waals surface area contributed by atoms with Gasteiger partial charge in [0.15, 0.2) is 0 Å². The van der Waals surface area contributed by atoms with E-state index in [1.807, 2.05) is 32.2 Å². The first-order chi connectivity index (χ1) is 7.69. The summed E-state index contributed by atoms with van der Waals surface area (Å²) in [7, 11) is 1.82. The maximum absolute atomic E-state index is 11.6. The molecule has 16 heavy (non-hydrogen) atoms. The molecule has 0 atom stereocenters. The first-order valence-corrected chi connectivity index (χ1v) is 5.74. The van der Waals surface area contributed by atoms with E-state index in [1.54, 1.807) is 4.90 Å². The van der Waals surface area contributed by atoms with Crippen LogP contribution in [0.1, 0.15) is 19.4 Å². The van der Waals surface area contributed by atoms with E-state index in [0.717, 1.165) is 18.7 Å². The van der Waals surface area contributed by atoms with Crippen molar-refractivity contribution in [3.63, 3.8) is 0 Å². The van der Waals surface area contributed by atoms with Crippen LogP contribution in [0.15, 0.2) is 24.3 Å². The number of aryl methyl sites for hydroxylation is 1. The summed E-state index contributed by atoms with van der Waals surface area (Å²) in [6, 6.07) is 8.09. The highest BCUT2D eigenvalue weighted by atomic mass is 16.2. The van der Waals surface area contributed by atoms with Crippen LogP contribution in [0.5, 0.6) is 0 Å². The van der Waals surface area contributed by atoms with Gasteiger partial charge in [0.2, 0.25) is 5.91 Å². The molecule has 0 unspecified atom stereocenters. The van der Waals surface area contributed by atoms with E-state index < -0.39 is 0 Å². The molecular weight excluding hydrogens is 200 g/mol. The van der Waals surface area contributed by atoms with Crippen LogP contribution in [0.3, 0.4) is 0 Å². The maximum atomic E-state index is 11.6. The molecule has 3 nitrogen and oxygen atoms in total. The van der Waals surface area contributed by atoms with Crippen molar-refractivity contribution in [3.05, 3.63) is 29.8 Å². The molecule has 0 spiro atoms. The second-order valence-corrected chi connectivity index (χ2v) is 3.77. The van der Waals surface area contributed by atoms with Crippen LogP contribution in [-0.2, 0) is 11.2 Å². The molecule has 0 aliphatic rings. The number of amides is 1. The number of rotatable bonds is 5. The zero-order valence-electron chi connectivity index (χ0n) is 10.3. The smallest absolute Gasteiger partial charge is 0.241 e. The van der Waals surface area contributed by atoms with E-state index >= 15 is 0 Å². The first kappa shape index (κ1) is 12.6. The van der Waals surface area contributed by atoms with Gasteiger partial charge in [-0.2, -0.15) is 0 Å². The number of hydrogen-bond donors (Lipinski definition) is 1. The van der Waals surface area contributed by atoms with Crippen molar-refractivity contribution >= 4 is 11.6 Å². The summed E-state index contributed by atoms with van der Waals surface area (Å²) in [5, 5.41) is 3.19. The second kappa shape index (κ2) is 6.16. The molecule has 0 saturated carbocycles. The van der Waals surface area contributed by atoms with Gasteiger partial charge in [-0.05, 0) is 25.0 Å². The summed E-state index contributed by atoms with van der Waals surface area (Å²) < 4.78 is 0. The third-order valence-electron chi connectivity index (χ3n) is 2.73.